The molecule has 2 atom stereocenters. The van der Waals surface area contributed by atoms with E-state index in [0.29, 0.717) is 11.7 Å². The van der Waals surface area contributed by atoms with Gasteiger partial charge in [-0.15, -0.1) is 0 Å². The molecule has 6 nitrogen and oxygen atoms in total. The summed E-state index contributed by atoms with van der Waals surface area (Å²) in [6.45, 7) is 9.36. The fraction of sp³-hybridized carbons (Fsp3) is 0.529. The van der Waals surface area contributed by atoms with Gasteiger partial charge in [-0.1, -0.05) is 39.8 Å². The maximum Gasteiger partial charge on any atom is 0.326 e. The Morgan fingerprint density at radius 2 is 1.57 bits per heavy atom. The highest BCUT2D eigenvalue weighted by Crippen LogP contribution is 2.19. The van der Waals surface area contributed by atoms with Crippen molar-refractivity contribution in [2.45, 2.75) is 52.8 Å². The van der Waals surface area contributed by atoms with Gasteiger partial charge in [0.05, 0.1) is 0 Å². The summed E-state index contributed by atoms with van der Waals surface area (Å²) in [7, 11) is 0. The smallest absolute Gasteiger partial charge is 0.326 e. The molecule has 0 fully saturated rings. The second kappa shape index (κ2) is 8.41. The van der Waals surface area contributed by atoms with E-state index in [-0.39, 0.29) is 5.92 Å². The Morgan fingerprint density at radius 3 is 2.00 bits per heavy atom. The number of carbonyl (C=O) groups is 2. The molecule has 1 aromatic rings. The van der Waals surface area contributed by atoms with Crippen molar-refractivity contribution >= 4 is 12.0 Å². The maximum absolute atomic E-state index is 11.8. The second-order valence-electron chi connectivity index (χ2n) is 6.16. The number of benzene rings is 1. The Morgan fingerprint density at radius 1 is 1.00 bits per heavy atom. The van der Waals surface area contributed by atoms with E-state index in [1.165, 1.54) is 5.56 Å². The lowest BCUT2D eigenvalue weighted by Gasteiger charge is -2.21. The lowest BCUT2D eigenvalue weighted by Crippen LogP contribution is -2.51. The third-order valence-corrected chi connectivity index (χ3v) is 3.41. The number of ether oxygens (including phenoxy) is 1. The highest BCUT2D eigenvalue weighted by molar-refractivity contribution is 5.82. The molecule has 0 aliphatic carbocycles. The molecule has 0 heterocycles. The monoisotopic (exact) mass is 322 g/mol. The number of carboxylic acids is 1. The predicted octanol–water partition coefficient (Wildman–Crippen LogP) is 2.94. The van der Waals surface area contributed by atoms with Crippen LogP contribution in [-0.2, 0) is 4.79 Å². The zero-order valence-corrected chi connectivity index (χ0v) is 14.3. The Labute approximate surface area is 137 Å². The average Bonchev–Trinajstić information content (AvgIpc) is 2.44. The molecular weight excluding hydrogens is 296 g/mol. The molecule has 0 aliphatic rings. The van der Waals surface area contributed by atoms with E-state index >= 15 is 0 Å². The molecule has 0 radical (unpaired) electrons. The highest BCUT2D eigenvalue weighted by atomic mass is 16.5. The van der Waals surface area contributed by atoms with Gasteiger partial charge < -0.3 is 20.5 Å². The number of nitrogens with one attached hydrogen (secondary N) is 2. The van der Waals surface area contributed by atoms with Gasteiger partial charge in [-0.25, -0.2) is 9.59 Å². The van der Waals surface area contributed by atoms with Gasteiger partial charge in [0.1, 0.15) is 11.8 Å². The maximum atomic E-state index is 11.8. The summed E-state index contributed by atoms with van der Waals surface area (Å²) in [4.78, 5) is 22.9. The summed E-state index contributed by atoms with van der Waals surface area (Å²) in [6.07, 6.45) is -0.582. The standard InChI is InChI=1S/C17H26N2O4/c1-10(2)13-6-8-14(9-7-13)23-12(5)18-17(22)19-15(11(3)4)16(20)21/h6-12,15H,1-5H3,(H,20,21)(H2,18,19,22). The minimum Gasteiger partial charge on any atom is -0.480 e. The first kappa shape index (κ1) is 18.8. The minimum atomic E-state index is -1.06. The van der Waals surface area contributed by atoms with Crippen molar-refractivity contribution in [3.63, 3.8) is 0 Å². The van der Waals surface area contributed by atoms with Crippen LogP contribution in [0.5, 0.6) is 5.75 Å². The third kappa shape index (κ3) is 6.18. The Kier molecular flexibility index (Phi) is 6.88. The first-order chi connectivity index (χ1) is 10.7. The minimum absolute atomic E-state index is 0.210. The number of aliphatic carboxylic acids is 1. The number of hydrogen-bond donors (Lipinski definition) is 3. The summed E-state index contributed by atoms with van der Waals surface area (Å²) < 4.78 is 5.60. The summed E-state index contributed by atoms with van der Waals surface area (Å²) >= 11 is 0. The van der Waals surface area contributed by atoms with Crippen LogP contribution in [0.1, 0.15) is 46.1 Å². The molecule has 0 saturated heterocycles. The van der Waals surface area contributed by atoms with Crippen LogP contribution in [0.15, 0.2) is 24.3 Å². The molecule has 128 valence electrons. The van der Waals surface area contributed by atoms with Crippen LogP contribution in [0.3, 0.4) is 0 Å². The number of amides is 2. The summed E-state index contributed by atoms with van der Waals surface area (Å²) in [5.74, 6) is -0.193. The number of carbonyl (C=O) groups excluding carboxylic acids is 1. The van der Waals surface area contributed by atoms with Crippen molar-refractivity contribution in [2.75, 3.05) is 0 Å². The van der Waals surface area contributed by atoms with E-state index in [2.05, 4.69) is 24.5 Å². The Bertz CT molecular complexity index is 526. The molecule has 2 unspecified atom stereocenters. The largest absolute Gasteiger partial charge is 0.480 e. The van der Waals surface area contributed by atoms with E-state index in [1.54, 1.807) is 20.8 Å². The molecule has 6 heteroatoms. The molecular formula is C17H26N2O4. The van der Waals surface area contributed by atoms with Crippen LogP contribution in [-0.4, -0.2) is 29.4 Å². The topological polar surface area (TPSA) is 87.7 Å². The predicted molar refractivity (Wildman–Crippen MR) is 88.6 cm³/mol. The van der Waals surface area contributed by atoms with E-state index in [9.17, 15) is 9.59 Å². The third-order valence-electron chi connectivity index (χ3n) is 3.41. The van der Waals surface area contributed by atoms with Crippen LogP contribution < -0.4 is 15.4 Å². The van der Waals surface area contributed by atoms with E-state index in [4.69, 9.17) is 9.84 Å². The summed E-state index contributed by atoms with van der Waals surface area (Å²) in [5.41, 5.74) is 1.21. The number of rotatable bonds is 7. The lowest BCUT2D eigenvalue weighted by atomic mass is 10.0. The van der Waals surface area contributed by atoms with Crippen molar-refractivity contribution in [1.82, 2.24) is 10.6 Å². The van der Waals surface area contributed by atoms with Crippen LogP contribution in [0, 0.1) is 5.92 Å². The van der Waals surface area contributed by atoms with Gasteiger partial charge in [0.2, 0.25) is 0 Å². The van der Waals surface area contributed by atoms with Crippen LogP contribution in [0.25, 0.3) is 0 Å². The number of carboxylic acid groups (broad SMARTS) is 1. The zero-order valence-electron chi connectivity index (χ0n) is 14.3. The fourth-order valence-electron chi connectivity index (χ4n) is 2.05. The molecule has 0 saturated carbocycles. The highest BCUT2D eigenvalue weighted by Gasteiger charge is 2.24. The Hall–Kier alpha value is -2.24. The van der Waals surface area contributed by atoms with Crippen molar-refractivity contribution in [3.05, 3.63) is 29.8 Å². The van der Waals surface area contributed by atoms with Crippen molar-refractivity contribution in [1.29, 1.82) is 0 Å². The fourth-order valence-corrected chi connectivity index (χ4v) is 2.05. The quantitative estimate of drug-likeness (QED) is 0.674. The molecule has 0 aliphatic heterocycles. The van der Waals surface area contributed by atoms with Crippen LogP contribution in [0.4, 0.5) is 4.79 Å². The van der Waals surface area contributed by atoms with E-state index < -0.39 is 24.3 Å². The number of hydrogen-bond acceptors (Lipinski definition) is 3. The molecule has 2 amide bonds. The molecule has 23 heavy (non-hydrogen) atoms. The van der Waals surface area contributed by atoms with Gasteiger partial charge in [0.15, 0.2) is 6.23 Å². The second-order valence-corrected chi connectivity index (χ2v) is 6.16. The van der Waals surface area contributed by atoms with Crippen LogP contribution in [0.2, 0.25) is 0 Å². The van der Waals surface area contributed by atoms with E-state index in [0.717, 1.165) is 0 Å². The zero-order chi connectivity index (χ0) is 17.6. The summed E-state index contributed by atoms with van der Waals surface area (Å²) in [5, 5.41) is 14.1. The average molecular weight is 322 g/mol. The van der Waals surface area contributed by atoms with Gasteiger partial charge in [-0.3, -0.25) is 0 Å². The molecule has 0 aromatic heterocycles. The van der Waals surface area contributed by atoms with Gasteiger partial charge >= 0.3 is 12.0 Å². The first-order valence-electron chi connectivity index (χ1n) is 7.77. The van der Waals surface area contributed by atoms with Gasteiger partial charge in [0.25, 0.3) is 0 Å². The first-order valence-corrected chi connectivity index (χ1v) is 7.77. The number of urea groups is 1. The van der Waals surface area contributed by atoms with Crippen LogP contribution >= 0.6 is 0 Å². The van der Waals surface area contributed by atoms with Gasteiger partial charge in [-0.05, 0) is 36.5 Å². The van der Waals surface area contributed by atoms with Crippen molar-refractivity contribution in [2.24, 2.45) is 5.92 Å². The summed E-state index contributed by atoms with van der Waals surface area (Å²) in [6, 6.07) is 6.14. The molecule has 1 aromatic carbocycles. The van der Waals surface area contributed by atoms with E-state index in [1.807, 2.05) is 24.3 Å². The lowest BCUT2D eigenvalue weighted by molar-refractivity contribution is -0.140. The van der Waals surface area contributed by atoms with Crippen molar-refractivity contribution in [3.8, 4) is 5.75 Å². The molecule has 0 bridgehead atoms. The molecule has 1 rings (SSSR count). The molecule has 3 N–H and O–H groups in total. The Balaban J connectivity index is 2.53. The SMILES string of the molecule is CC(NC(=O)NC(C(=O)O)C(C)C)Oc1ccc(C(C)C)cc1. The van der Waals surface area contributed by atoms with Crippen molar-refractivity contribution < 1.29 is 19.4 Å². The normalized spacial score (nSPS) is 13.5. The van der Waals surface area contributed by atoms with Gasteiger partial charge in [-0.2, -0.15) is 0 Å². The molecule has 0 spiro atoms. The van der Waals surface area contributed by atoms with Gasteiger partial charge in [0, 0.05) is 0 Å².